The fraction of sp³-hybridized carbons (Fsp3) is 0.455. The summed E-state index contributed by atoms with van der Waals surface area (Å²) in [5.74, 6) is -0.553. The molecule has 1 fully saturated rings. The Labute approximate surface area is 171 Å². The van der Waals surface area contributed by atoms with Crippen molar-refractivity contribution in [2.45, 2.75) is 38.5 Å². The van der Waals surface area contributed by atoms with Crippen LogP contribution in [-0.2, 0) is 29.7 Å². The van der Waals surface area contributed by atoms with Crippen molar-refractivity contribution in [3.05, 3.63) is 59.9 Å². The molecule has 2 heterocycles. The summed E-state index contributed by atoms with van der Waals surface area (Å²) >= 11 is 0. The smallest absolute Gasteiger partial charge is 0.410 e. The van der Waals surface area contributed by atoms with Gasteiger partial charge in [-0.2, -0.15) is 0 Å². The van der Waals surface area contributed by atoms with Crippen LogP contribution in [0.25, 0.3) is 0 Å². The standard InChI is InChI=1S/C22H29N3O4/c1-24-10-7-19(15-24)14-23-20(21(26)27)13-17-8-11-25(12-9-17)22(28)29-16-18-5-3-2-4-6-18/h2-7,10,15,17,20,23H,8-9,11-14,16H2,1H3,(H,26,27). The first-order valence-electron chi connectivity index (χ1n) is 10.0. The zero-order valence-corrected chi connectivity index (χ0v) is 16.8. The summed E-state index contributed by atoms with van der Waals surface area (Å²) in [6.45, 7) is 2.00. The Morgan fingerprint density at radius 2 is 1.90 bits per heavy atom. The van der Waals surface area contributed by atoms with Gasteiger partial charge in [0.05, 0.1) is 0 Å². The molecule has 1 aliphatic heterocycles. The van der Waals surface area contributed by atoms with Gasteiger partial charge < -0.3 is 24.6 Å². The van der Waals surface area contributed by atoms with Crippen LogP contribution in [0.4, 0.5) is 4.79 Å². The highest BCUT2D eigenvalue weighted by molar-refractivity contribution is 5.73. The summed E-state index contributed by atoms with van der Waals surface area (Å²) in [5.41, 5.74) is 2.03. The molecule has 0 spiro atoms. The number of benzene rings is 1. The summed E-state index contributed by atoms with van der Waals surface area (Å²) in [7, 11) is 1.94. The molecular formula is C22H29N3O4. The first-order valence-corrected chi connectivity index (χ1v) is 10.0. The van der Waals surface area contributed by atoms with E-state index < -0.39 is 12.0 Å². The lowest BCUT2D eigenvalue weighted by molar-refractivity contribution is -0.140. The molecule has 3 rings (SSSR count). The summed E-state index contributed by atoms with van der Waals surface area (Å²) < 4.78 is 7.33. The van der Waals surface area contributed by atoms with E-state index in [1.807, 2.05) is 60.4 Å². The van der Waals surface area contributed by atoms with Gasteiger partial charge in [0.2, 0.25) is 0 Å². The van der Waals surface area contributed by atoms with E-state index in [1.165, 1.54) is 0 Å². The number of carboxylic acid groups (broad SMARTS) is 1. The maximum absolute atomic E-state index is 12.3. The summed E-state index contributed by atoms with van der Waals surface area (Å²) in [6.07, 6.45) is 5.76. The Kier molecular flexibility index (Phi) is 7.30. The molecule has 1 aromatic heterocycles. The van der Waals surface area contributed by atoms with E-state index in [2.05, 4.69) is 5.32 Å². The van der Waals surface area contributed by atoms with Crippen molar-refractivity contribution < 1.29 is 19.4 Å². The minimum absolute atomic E-state index is 0.268. The number of nitrogens with one attached hydrogen (secondary N) is 1. The molecular weight excluding hydrogens is 370 g/mol. The number of amides is 1. The van der Waals surface area contributed by atoms with Crippen LogP contribution < -0.4 is 5.32 Å². The zero-order chi connectivity index (χ0) is 20.6. The van der Waals surface area contributed by atoms with Crippen LogP contribution in [-0.4, -0.2) is 45.8 Å². The topological polar surface area (TPSA) is 83.8 Å². The normalized spacial score (nSPS) is 15.8. The molecule has 7 heteroatoms. The highest BCUT2D eigenvalue weighted by Crippen LogP contribution is 2.23. The van der Waals surface area contributed by atoms with Gasteiger partial charge in [0, 0.05) is 39.1 Å². The number of piperidine rings is 1. The van der Waals surface area contributed by atoms with Gasteiger partial charge in [-0.25, -0.2) is 4.79 Å². The lowest BCUT2D eigenvalue weighted by Gasteiger charge is -2.32. The molecule has 1 aliphatic rings. The third-order valence-corrected chi connectivity index (χ3v) is 5.39. The van der Waals surface area contributed by atoms with E-state index in [4.69, 9.17) is 4.74 Å². The Morgan fingerprint density at radius 1 is 1.17 bits per heavy atom. The van der Waals surface area contributed by atoms with E-state index in [0.29, 0.717) is 26.1 Å². The molecule has 1 saturated heterocycles. The molecule has 0 radical (unpaired) electrons. The van der Waals surface area contributed by atoms with Gasteiger partial charge in [-0.1, -0.05) is 30.3 Å². The van der Waals surface area contributed by atoms with E-state index in [-0.39, 0.29) is 18.6 Å². The van der Waals surface area contributed by atoms with Crippen LogP contribution >= 0.6 is 0 Å². The van der Waals surface area contributed by atoms with Crippen LogP contribution in [0.5, 0.6) is 0 Å². The molecule has 1 amide bonds. The maximum atomic E-state index is 12.3. The quantitative estimate of drug-likeness (QED) is 0.713. The third-order valence-electron chi connectivity index (χ3n) is 5.39. The number of ether oxygens (including phenoxy) is 1. The van der Waals surface area contributed by atoms with E-state index in [0.717, 1.165) is 24.0 Å². The molecule has 156 valence electrons. The second-order valence-electron chi connectivity index (χ2n) is 7.66. The fourth-order valence-corrected chi connectivity index (χ4v) is 3.67. The molecule has 2 N–H and O–H groups in total. The van der Waals surface area contributed by atoms with Gasteiger partial charge in [0.25, 0.3) is 0 Å². The van der Waals surface area contributed by atoms with Gasteiger partial charge in [-0.3, -0.25) is 4.79 Å². The van der Waals surface area contributed by atoms with Gasteiger partial charge in [-0.15, -0.1) is 0 Å². The number of aliphatic carboxylic acids is 1. The van der Waals surface area contributed by atoms with Crippen molar-refractivity contribution in [1.29, 1.82) is 0 Å². The van der Waals surface area contributed by atoms with Crippen LogP contribution in [0.2, 0.25) is 0 Å². The van der Waals surface area contributed by atoms with Crippen LogP contribution in [0.1, 0.15) is 30.4 Å². The monoisotopic (exact) mass is 399 g/mol. The number of carboxylic acids is 1. The number of nitrogens with zero attached hydrogens (tertiary/aromatic N) is 2. The SMILES string of the molecule is Cn1ccc(CNC(CC2CCN(C(=O)OCc3ccccc3)CC2)C(=O)O)c1. The van der Waals surface area contributed by atoms with Crippen molar-refractivity contribution in [2.24, 2.45) is 13.0 Å². The number of aromatic nitrogens is 1. The Hall–Kier alpha value is -2.80. The van der Waals surface area contributed by atoms with Crippen molar-refractivity contribution in [2.75, 3.05) is 13.1 Å². The van der Waals surface area contributed by atoms with Gasteiger partial charge >= 0.3 is 12.1 Å². The lowest BCUT2D eigenvalue weighted by Crippen LogP contribution is -2.42. The van der Waals surface area contributed by atoms with Crippen LogP contribution in [0, 0.1) is 5.92 Å². The van der Waals surface area contributed by atoms with Gasteiger partial charge in [0.1, 0.15) is 12.6 Å². The number of hydrogen-bond acceptors (Lipinski definition) is 4. The van der Waals surface area contributed by atoms with Crippen LogP contribution in [0.3, 0.4) is 0 Å². The summed E-state index contributed by atoms with van der Waals surface area (Å²) in [6, 6.07) is 11.0. The molecule has 0 aliphatic carbocycles. The van der Waals surface area contributed by atoms with E-state index in [1.54, 1.807) is 4.90 Å². The Bertz CT molecular complexity index is 797. The van der Waals surface area contributed by atoms with Crippen molar-refractivity contribution in [1.82, 2.24) is 14.8 Å². The molecule has 1 unspecified atom stereocenters. The summed E-state index contributed by atoms with van der Waals surface area (Å²) in [4.78, 5) is 25.6. The molecule has 29 heavy (non-hydrogen) atoms. The predicted octanol–water partition coefficient (Wildman–Crippen LogP) is 3.01. The number of carbonyl (C=O) groups excluding carboxylic acids is 1. The van der Waals surface area contributed by atoms with Gasteiger partial charge in [-0.05, 0) is 42.4 Å². The van der Waals surface area contributed by atoms with E-state index in [9.17, 15) is 14.7 Å². The second-order valence-corrected chi connectivity index (χ2v) is 7.66. The number of aryl methyl sites for hydroxylation is 1. The predicted molar refractivity (Wildman–Crippen MR) is 109 cm³/mol. The lowest BCUT2D eigenvalue weighted by atomic mass is 9.90. The minimum Gasteiger partial charge on any atom is -0.480 e. The number of likely N-dealkylation sites (tertiary alicyclic amines) is 1. The first-order chi connectivity index (χ1) is 14.0. The van der Waals surface area contributed by atoms with Crippen LogP contribution in [0.15, 0.2) is 48.8 Å². The first kappa shape index (κ1) is 20.9. The largest absolute Gasteiger partial charge is 0.480 e. The van der Waals surface area contributed by atoms with Crippen molar-refractivity contribution in [3.63, 3.8) is 0 Å². The Balaban J connectivity index is 1.41. The minimum atomic E-state index is -0.828. The zero-order valence-electron chi connectivity index (χ0n) is 16.8. The number of rotatable bonds is 8. The van der Waals surface area contributed by atoms with E-state index >= 15 is 0 Å². The summed E-state index contributed by atoms with van der Waals surface area (Å²) in [5, 5.41) is 12.7. The fourth-order valence-electron chi connectivity index (χ4n) is 3.67. The molecule has 2 aromatic rings. The highest BCUT2D eigenvalue weighted by atomic mass is 16.6. The number of hydrogen-bond donors (Lipinski definition) is 2. The van der Waals surface area contributed by atoms with Gasteiger partial charge in [0.15, 0.2) is 0 Å². The Morgan fingerprint density at radius 3 is 2.52 bits per heavy atom. The molecule has 1 atom stereocenters. The maximum Gasteiger partial charge on any atom is 0.410 e. The molecule has 0 bridgehead atoms. The second kappa shape index (κ2) is 10.1. The average molecular weight is 399 g/mol. The van der Waals surface area contributed by atoms with Crippen molar-refractivity contribution in [3.8, 4) is 0 Å². The number of carbonyl (C=O) groups is 2. The average Bonchev–Trinajstić information content (AvgIpc) is 3.15. The third kappa shape index (κ3) is 6.35. The highest BCUT2D eigenvalue weighted by Gasteiger charge is 2.28. The molecule has 7 nitrogen and oxygen atoms in total. The van der Waals surface area contributed by atoms with Crippen molar-refractivity contribution >= 4 is 12.1 Å². The molecule has 0 saturated carbocycles. The molecule has 1 aromatic carbocycles.